The zero-order chi connectivity index (χ0) is 10.4. The zero-order valence-corrected chi connectivity index (χ0v) is 8.33. The number of benzene rings is 1. The molecule has 1 aromatic rings. The van der Waals surface area contributed by atoms with E-state index in [1.54, 1.807) is 12.1 Å². The predicted octanol–water partition coefficient (Wildman–Crippen LogP) is 2.18. The van der Waals surface area contributed by atoms with Crippen LogP contribution in [0.2, 0.25) is 0 Å². The van der Waals surface area contributed by atoms with Gasteiger partial charge in [-0.15, -0.1) is 11.6 Å². The molecule has 0 amide bonds. The summed E-state index contributed by atoms with van der Waals surface area (Å²) in [7, 11) is 0. The van der Waals surface area contributed by atoms with Gasteiger partial charge in [0.2, 0.25) is 0 Å². The number of hydrogen-bond acceptors (Lipinski definition) is 3. The number of aromatic hydroxyl groups is 1. The number of hydrogen-bond donors (Lipinski definition) is 1. The molecule has 14 heavy (non-hydrogen) atoms. The van der Waals surface area contributed by atoms with Crippen LogP contribution in [0.5, 0.6) is 5.75 Å². The average molecular weight is 215 g/mol. The van der Waals surface area contributed by atoms with Crippen molar-refractivity contribution in [1.29, 1.82) is 0 Å². The first-order chi connectivity index (χ1) is 6.74. The Morgan fingerprint density at radius 2 is 2.29 bits per heavy atom. The number of halogens is 1. The molecule has 0 saturated heterocycles. The van der Waals surface area contributed by atoms with Crippen LogP contribution in [-0.2, 0) is 4.74 Å². The topological polar surface area (TPSA) is 46.5 Å². The van der Waals surface area contributed by atoms with Crippen LogP contribution in [-0.4, -0.2) is 23.6 Å². The Kier molecular flexibility index (Phi) is 4.26. The van der Waals surface area contributed by atoms with Crippen molar-refractivity contribution >= 4 is 17.6 Å². The lowest BCUT2D eigenvalue weighted by molar-refractivity contribution is 0.0505. The van der Waals surface area contributed by atoms with Gasteiger partial charge in [-0.05, 0) is 24.6 Å². The normalized spacial score (nSPS) is 9.79. The highest BCUT2D eigenvalue weighted by Crippen LogP contribution is 2.11. The maximum atomic E-state index is 11.3. The van der Waals surface area contributed by atoms with Crippen LogP contribution in [0.15, 0.2) is 24.3 Å². The van der Waals surface area contributed by atoms with E-state index in [9.17, 15) is 4.79 Å². The van der Waals surface area contributed by atoms with Gasteiger partial charge in [0, 0.05) is 5.88 Å². The van der Waals surface area contributed by atoms with Gasteiger partial charge >= 0.3 is 5.97 Å². The highest BCUT2D eigenvalue weighted by Gasteiger charge is 2.06. The van der Waals surface area contributed by atoms with Crippen molar-refractivity contribution in [2.75, 3.05) is 12.5 Å². The average Bonchev–Trinajstić information content (AvgIpc) is 2.18. The number of phenolic OH excluding ortho intramolecular Hbond substituents is 1. The maximum absolute atomic E-state index is 11.3. The lowest BCUT2D eigenvalue weighted by atomic mass is 10.2. The van der Waals surface area contributed by atoms with Crippen molar-refractivity contribution in [3.05, 3.63) is 29.8 Å². The van der Waals surface area contributed by atoms with E-state index >= 15 is 0 Å². The molecule has 0 aliphatic carbocycles. The molecule has 1 aromatic carbocycles. The largest absolute Gasteiger partial charge is 0.508 e. The number of ether oxygens (including phenoxy) is 1. The van der Waals surface area contributed by atoms with Gasteiger partial charge in [-0.3, -0.25) is 0 Å². The lowest BCUT2D eigenvalue weighted by Crippen LogP contribution is -2.06. The Morgan fingerprint density at radius 3 is 2.93 bits per heavy atom. The van der Waals surface area contributed by atoms with Crippen molar-refractivity contribution < 1.29 is 14.6 Å². The molecule has 3 nitrogen and oxygen atoms in total. The molecule has 1 N–H and O–H groups in total. The number of phenols is 1. The third-order valence-electron chi connectivity index (χ3n) is 1.59. The number of rotatable bonds is 4. The summed E-state index contributed by atoms with van der Waals surface area (Å²) >= 11 is 5.42. The molecule has 0 spiro atoms. The van der Waals surface area contributed by atoms with Crippen molar-refractivity contribution in [2.24, 2.45) is 0 Å². The highest BCUT2D eigenvalue weighted by molar-refractivity contribution is 6.17. The molecule has 0 radical (unpaired) electrons. The van der Waals surface area contributed by atoms with Crippen molar-refractivity contribution in [3.63, 3.8) is 0 Å². The Labute approximate surface area is 87.3 Å². The van der Waals surface area contributed by atoms with Crippen LogP contribution >= 0.6 is 11.6 Å². The first-order valence-electron chi connectivity index (χ1n) is 4.26. The zero-order valence-electron chi connectivity index (χ0n) is 7.57. The SMILES string of the molecule is O=C(OCCCCl)c1cccc(O)c1. The highest BCUT2D eigenvalue weighted by atomic mass is 35.5. The quantitative estimate of drug-likeness (QED) is 0.475. The smallest absolute Gasteiger partial charge is 0.338 e. The summed E-state index contributed by atoms with van der Waals surface area (Å²) < 4.78 is 4.89. The van der Waals surface area contributed by atoms with E-state index in [2.05, 4.69) is 0 Å². The van der Waals surface area contributed by atoms with Crippen LogP contribution in [0.4, 0.5) is 0 Å². The van der Waals surface area contributed by atoms with Crippen molar-refractivity contribution in [2.45, 2.75) is 6.42 Å². The van der Waals surface area contributed by atoms with Gasteiger partial charge in [-0.1, -0.05) is 6.07 Å². The minimum Gasteiger partial charge on any atom is -0.508 e. The summed E-state index contributed by atoms with van der Waals surface area (Å²) in [4.78, 5) is 11.3. The molecule has 0 atom stereocenters. The second-order valence-electron chi connectivity index (χ2n) is 2.73. The number of carbonyl (C=O) groups is 1. The van der Waals surface area contributed by atoms with Crippen LogP contribution in [0.3, 0.4) is 0 Å². The molecule has 0 heterocycles. The molecule has 0 aliphatic heterocycles. The van der Waals surface area contributed by atoms with E-state index in [1.807, 2.05) is 0 Å². The van der Waals surface area contributed by atoms with E-state index < -0.39 is 5.97 Å². The Morgan fingerprint density at radius 1 is 1.50 bits per heavy atom. The second-order valence-corrected chi connectivity index (χ2v) is 3.11. The summed E-state index contributed by atoms with van der Waals surface area (Å²) in [6, 6.07) is 6.04. The van der Waals surface area contributed by atoms with E-state index in [-0.39, 0.29) is 5.75 Å². The Bertz CT molecular complexity index is 312. The fourth-order valence-electron chi connectivity index (χ4n) is 0.936. The molecule has 0 aliphatic rings. The molecule has 0 aromatic heterocycles. The maximum Gasteiger partial charge on any atom is 0.338 e. The van der Waals surface area contributed by atoms with Crippen molar-refractivity contribution in [3.8, 4) is 5.75 Å². The summed E-state index contributed by atoms with van der Waals surface area (Å²) in [6.45, 7) is 0.304. The Balaban J connectivity index is 2.52. The summed E-state index contributed by atoms with van der Waals surface area (Å²) in [5.74, 6) is 0.0793. The lowest BCUT2D eigenvalue weighted by Gasteiger charge is -2.03. The summed E-state index contributed by atoms with van der Waals surface area (Å²) in [6.07, 6.45) is 0.631. The monoisotopic (exact) mass is 214 g/mol. The molecule has 0 unspecified atom stereocenters. The van der Waals surface area contributed by atoms with Crippen LogP contribution in [0.1, 0.15) is 16.8 Å². The van der Waals surface area contributed by atoms with Crippen molar-refractivity contribution in [1.82, 2.24) is 0 Å². The van der Waals surface area contributed by atoms with Gasteiger partial charge in [-0.2, -0.15) is 0 Å². The molecule has 4 heteroatoms. The first-order valence-corrected chi connectivity index (χ1v) is 4.79. The molecule has 1 rings (SSSR count). The van der Waals surface area contributed by atoms with Crippen LogP contribution in [0, 0.1) is 0 Å². The van der Waals surface area contributed by atoms with E-state index in [0.717, 1.165) is 0 Å². The molecule has 0 bridgehead atoms. The second kappa shape index (κ2) is 5.50. The fraction of sp³-hybridized carbons (Fsp3) is 0.300. The number of carbonyl (C=O) groups excluding carboxylic acids is 1. The molecular weight excluding hydrogens is 204 g/mol. The molecular formula is C10H11ClO3. The summed E-state index contributed by atoms with van der Waals surface area (Å²) in [5, 5.41) is 9.10. The molecule has 0 fully saturated rings. The van der Waals surface area contributed by atoms with Gasteiger partial charge in [0.1, 0.15) is 5.75 Å². The minimum atomic E-state index is -0.439. The Hall–Kier alpha value is -1.22. The standard InChI is InChI=1S/C10H11ClO3/c11-5-2-6-14-10(13)8-3-1-4-9(12)7-8/h1,3-4,7,12H,2,5-6H2. The van der Waals surface area contributed by atoms with Gasteiger partial charge < -0.3 is 9.84 Å². The third-order valence-corrected chi connectivity index (χ3v) is 1.86. The fourth-order valence-corrected chi connectivity index (χ4v) is 1.04. The van der Waals surface area contributed by atoms with E-state index in [4.69, 9.17) is 21.4 Å². The van der Waals surface area contributed by atoms with Gasteiger partial charge in [-0.25, -0.2) is 4.79 Å². The van der Waals surface area contributed by atoms with Gasteiger partial charge in [0.25, 0.3) is 0 Å². The number of esters is 1. The summed E-state index contributed by atoms with van der Waals surface area (Å²) in [5.41, 5.74) is 0.347. The molecule has 76 valence electrons. The van der Waals surface area contributed by atoms with Gasteiger partial charge in [0.15, 0.2) is 0 Å². The predicted molar refractivity (Wildman–Crippen MR) is 53.7 cm³/mol. The van der Waals surface area contributed by atoms with E-state index in [0.29, 0.717) is 24.5 Å². The first kappa shape index (κ1) is 10.9. The van der Waals surface area contributed by atoms with E-state index in [1.165, 1.54) is 12.1 Å². The molecule has 0 saturated carbocycles. The minimum absolute atomic E-state index is 0.0526. The third kappa shape index (κ3) is 3.26. The van der Waals surface area contributed by atoms with Gasteiger partial charge in [0.05, 0.1) is 12.2 Å². The van der Waals surface area contributed by atoms with Crippen LogP contribution < -0.4 is 0 Å². The number of alkyl halides is 1. The van der Waals surface area contributed by atoms with Crippen LogP contribution in [0.25, 0.3) is 0 Å².